The summed E-state index contributed by atoms with van der Waals surface area (Å²) < 4.78 is 0. The van der Waals surface area contributed by atoms with E-state index in [1.807, 2.05) is 24.1 Å². The van der Waals surface area contributed by atoms with Gasteiger partial charge in [-0.15, -0.1) is 0 Å². The Morgan fingerprint density at radius 2 is 2.14 bits per heavy atom. The molecule has 0 saturated carbocycles. The summed E-state index contributed by atoms with van der Waals surface area (Å²) >= 11 is 0. The van der Waals surface area contributed by atoms with Crippen LogP contribution in [0.4, 0.5) is 5.82 Å². The Kier molecular flexibility index (Phi) is 4.59. The van der Waals surface area contributed by atoms with Gasteiger partial charge in [0.15, 0.2) is 0 Å². The summed E-state index contributed by atoms with van der Waals surface area (Å²) in [6.45, 7) is 5.87. The quantitative estimate of drug-likeness (QED) is 0.868. The first kappa shape index (κ1) is 15.2. The highest BCUT2D eigenvalue weighted by Gasteiger charge is 2.25. The summed E-state index contributed by atoms with van der Waals surface area (Å²) in [5, 5.41) is 3.31. The molecular weight excluding hydrogens is 278 g/mol. The number of hydrogen-bond donors (Lipinski definition) is 1. The van der Waals surface area contributed by atoms with Gasteiger partial charge in [-0.1, -0.05) is 0 Å². The van der Waals surface area contributed by atoms with Crippen LogP contribution >= 0.6 is 0 Å². The van der Waals surface area contributed by atoms with Crippen LogP contribution in [0.25, 0.3) is 0 Å². The lowest BCUT2D eigenvalue weighted by atomic mass is 10.1. The summed E-state index contributed by atoms with van der Waals surface area (Å²) in [6, 6.07) is 4.06. The maximum atomic E-state index is 12.7. The second kappa shape index (κ2) is 6.62. The zero-order chi connectivity index (χ0) is 15.5. The molecule has 3 rings (SSSR count). The lowest BCUT2D eigenvalue weighted by Gasteiger charge is -2.33. The zero-order valence-corrected chi connectivity index (χ0v) is 13.5. The van der Waals surface area contributed by atoms with Crippen molar-refractivity contribution >= 4 is 11.7 Å². The summed E-state index contributed by atoms with van der Waals surface area (Å²) in [4.78, 5) is 23.5. The number of amides is 1. The van der Waals surface area contributed by atoms with Crippen molar-refractivity contribution in [3.05, 3.63) is 23.9 Å². The van der Waals surface area contributed by atoms with E-state index in [2.05, 4.69) is 27.1 Å². The van der Waals surface area contributed by atoms with E-state index in [1.165, 1.54) is 0 Å². The molecule has 1 N–H and O–H groups in total. The van der Waals surface area contributed by atoms with Crippen LogP contribution in [-0.4, -0.2) is 80.1 Å². The van der Waals surface area contributed by atoms with Gasteiger partial charge in [0.25, 0.3) is 5.91 Å². The number of aromatic nitrogens is 1. The van der Waals surface area contributed by atoms with E-state index in [4.69, 9.17) is 0 Å². The van der Waals surface area contributed by atoms with Gasteiger partial charge in [0.05, 0.1) is 0 Å². The molecule has 2 fully saturated rings. The smallest absolute Gasteiger partial charge is 0.254 e. The number of carbonyl (C=O) groups is 1. The van der Waals surface area contributed by atoms with E-state index in [0.29, 0.717) is 6.04 Å². The Hall–Kier alpha value is -1.66. The summed E-state index contributed by atoms with van der Waals surface area (Å²) in [6.07, 6.45) is 2.78. The monoisotopic (exact) mass is 303 g/mol. The second-order valence-electron chi connectivity index (χ2n) is 6.26. The zero-order valence-electron chi connectivity index (χ0n) is 13.5. The Balaban J connectivity index is 1.71. The van der Waals surface area contributed by atoms with Crippen molar-refractivity contribution in [1.29, 1.82) is 0 Å². The van der Waals surface area contributed by atoms with Gasteiger partial charge in [-0.25, -0.2) is 4.98 Å². The van der Waals surface area contributed by atoms with Gasteiger partial charge < -0.3 is 20.0 Å². The molecule has 0 spiro atoms. The third-order valence-electron chi connectivity index (χ3n) is 4.72. The van der Waals surface area contributed by atoms with E-state index in [-0.39, 0.29) is 5.91 Å². The molecule has 1 unspecified atom stereocenters. The van der Waals surface area contributed by atoms with Crippen LogP contribution < -0.4 is 10.2 Å². The third-order valence-corrected chi connectivity index (χ3v) is 4.72. The minimum atomic E-state index is 0.0893. The van der Waals surface area contributed by atoms with Gasteiger partial charge in [-0.05, 0) is 32.1 Å². The number of hydrogen-bond acceptors (Lipinski definition) is 5. The van der Waals surface area contributed by atoms with E-state index >= 15 is 0 Å². The molecule has 2 aliphatic heterocycles. The van der Waals surface area contributed by atoms with Crippen molar-refractivity contribution in [2.24, 2.45) is 0 Å². The highest BCUT2D eigenvalue weighted by atomic mass is 16.2. The van der Waals surface area contributed by atoms with Crippen LogP contribution in [0.15, 0.2) is 18.3 Å². The molecule has 1 aromatic heterocycles. The lowest BCUT2D eigenvalue weighted by Crippen LogP contribution is -2.45. The average molecular weight is 303 g/mol. The highest BCUT2D eigenvalue weighted by molar-refractivity contribution is 5.95. The second-order valence-corrected chi connectivity index (χ2v) is 6.26. The first-order chi connectivity index (χ1) is 10.6. The standard InChI is InChI=1S/C16H25N5O/c1-19-7-9-21(10-8-19)15-11-13(3-6-18-15)16(22)20(2)14-4-5-17-12-14/h3,6,11,14,17H,4-5,7-10,12H2,1-2H3. The number of nitrogens with zero attached hydrogens (tertiary/aromatic N) is 4. The van der Waals surface area contributed by atoms with Crippen LogP contribution in [0.5, 0.6) is 0 Å². The van der Waals surface area contributed by atoms with Gasteiger partial charge in [-0.3, -0.25) is 4.79 Å². The van der Waals surface area contributed by atoms with Gasteiger partial charge >= 0.3 is 0 Å². The predicted molar refractivity (Wildman–Crippen MR) is 87.3 cm³/mol. The number of anilines is 1. The number of likely N-dealkylation sites (N-methyl/N-ethyl adjacent to an activating group) is 2. The van der Waals surface area contributed by atoms with Gasteiger partial charge in [-0.2, -0.15) is 0 Å². The molecular formula is C16H25N5O. The van der Waals surface area contributed by atoms with Crippen molar-refractivity contribution in [2.45, 2.75) is 12.5 Å². The van der Waals surface area contributed by atoms with Gasteiger partial charge in [0.1, 0.15) is 5.82 Å². The van der Waals surface area contributed by atoms with Crippen LogP contribution in [0, 0.1) is 0 Å². The topological polar surface area (TPSA) is 51.7 Å². The van der Waals surface area contributed by atoms with Crippen molar-refractivity contribution in [3.8, 4) is 0 Å². The predicted octanol–water partition coefficient (Wildman–Crippen LogP) is 0.267. The lowest BCUT2D eigenvalue weighted by molar-refractivity contribution is 0.0743. The number of piperazine rings is 1. The molecule has 1 amide bonds. The molecule has 6 nitrogen and oxygen atoms in total. The molecule has 1 aromatic rings. The number of nitrogens with one attached hydrogen (secondary N) is 1. The molecule has 2 aliphatic rings. The normalized spacial score (nSPS) is 22.8. The minimum Gasteiger partial charge on any atom is -0.354 e. The molecule has 0 bridgehead atoms. The molecule has 3 heterocycles. The van der Waals surface area contributed by atoms with E-state index in [1.54, 1.807) is 6.20 Å². The fraction of sp³-hybridized carbons (Fsp3) is 0.625. The van der Waals surface area contributed by atoms with E-state index < -0.39 is 0 Å². The minimum absolute atomic E-state index is 0.0893. The molecule has 0 aromatic carbocycles. The van der Waals surface area contributed by atoms with Gasteiger partial charge in [0.2, 0.25) is 0 Å². The summed E-state index contributed by atoms with van der Waals surface area (Å²) in [5.41, 5.74) is 0.735. The Morgan fingerprint density at radius 3 is 2.82 bits per heavy atom. The highest BCUT2D eigenvalue weighted by Crippen LogP contribution is 2.17. The summed E-state index contributed by atoms with van der Waals surface area (Å²) in [7, 11) is 4.03. The SMILES string of the molecule is CN1CCN(c2cc(C(=O)N(C)C3CCNC3)ccn2)CC1. The van der Waals surface area contributed by atoms with Crippen LogP contribution in [0.3, 0.4) is 0 Å². The molecule has 22 heavy (non-hydrogen) atoms. The first-order valence-corrected chi connectivity index (χ1v) is 8.02. The number of carbonyl (C=O) groups excluding carboxylic acids is 1. The first-order valence-electron chi connectivity index (χ1n) is 8.02. The number of pyridine rings is 1. The van der Waals surface area contributed by atoms with E-state index in [9.17, 15) is 4.79 Å². The molecule has 120 valence electrons. The van der Waals surface area contributed by atoms with Gasteiger partial charge in [0, 0.05) is 57.6 Å². The van der Waals surface area contributed by atoms with Crippen LogP contribution in [-0.2, 0) is 0 Å². The molecule has 0 radical (unpaired) electrons. The molecule has 0 aliphatic carbocycles. The van der Waals surface area contributed by atoms with Crippen molar-refractivity contribution in [2.75, 3.05) is 58.3 Å². The van der Waals surface area contributed by atoms with Crippen molar-refractivity contribution < 1.29 is 4.79 Å². The number of rotatable bonds is 3. The van der Waals surface area contributed by atoms with Crippen molar-refractivity contribution in [3.63, 3.8) is 0 Å². The fourth-order valence-corrected chi connectivity index (χ4v) is 3.10. The van der Waals surface area contributed by atoms with Crippen molar-refractivity contribution in [1.82, 2.24) is 20.1 Å². The average Bonchev–Trinajstić information content (AvgIpc) is 3.09. The Labute approximate surface area is 132 Å². The molecule has 1 atom stereocenters. The Morgan fingerprint density at radius 1 is 1.36 bits per heavy atom. The van der Waals surface area contributed by atoms with Crippen LogP contribution in [0.1, 0.15) is 16.8 Å². The largest absolute Gasteiger partial charge is 0.354 e. The van der Waals surface area contributed by atoms with Crippen LogP contribution in [0.2, 0.25) is 0 Å². The maximum Gasteiger partial charge on any atom is 0.254 e. The third kappa shape index (κ3) is 3.23. The molecule has 2 saturated heterocycles. The fourth-order valence-electron chi connectivity index (χ4n) is 3.10. The molecule has 6 heteroatoms. The maximum absolute atomic E-state index is 12.7. The van der Waals surface area contributed by atoms with E-state index in [0.717, 1.165) is 57.1 Å². The Bertz CT molecular complexity index is 521. The summed E-state index contributed by atoms with van der Waals surface area (Å²) in [5.74, 6) is 1.00.